The van der Waals surface area contributed by atoms with E-state index in [4.69, 9.17) is 4.74 Å². The van der Waals surface area contributed by atoms with Crippen molar-refractivity contribution in [1.82, 2.24) is 14.8 Å². The first kappa shape index (κ1) is 19.5. The standard InChI is InChI=1S/C27H27N3O2/c31-27(20-8-10-23(11-9-20)32-22-6-2-1-3-7-22)30-18-24(21-5-4-14-28-17-21)26-25(30)19-12-15-29(26)16-13-19/h1-11,14,17,19,24-26H,12-13,15-16,18H2. The fourth-order valence-corrected chi connectivity index (χ4v) is 6.00. The molecule has 7 rings (SSSR count). The van der Waals surface area contributed by atoms with Crippen LogP contribution >= 0.6 is 0 Å². The van der Waals surface area contributed by atoms with Crippen molar-refractivity contribution in [3.8, 4) is 11.5 Å². The molecule has 0 N–H and O–H groups in total. The second-order valence-corrected chi connectivity index (χ2v) is 9.14. The Morgan fingerprint density at radius 2 is 1.62 bits per heavy atom. The second kappa shape index (κ2) is 8.06. The van der Waals surface area contributed by atoms with Crippen molar-refractivity contribution in [2.24, 2.45) is 5.92 Å². The number of hydrogen-bond acceptors (Lipinski definition) is 4. The normalized spacial score (nSPS) is 28.4. The molecule has 2 aromatic carbocycles. The number of benzene rings is 2. The molecule has 0 spiro atoms. The van der Waals surface area contributed by atoms with E-state index in [1.165, 1.54) is 18.4 Å². The Labute approximate surface area is 188 Å². The zero-order valence-corrected chi connectivity index (χ0v) is 18.0. The summed E-state index contributed by atoms with van der Waals surface area (Å²) in [4.78, 5) is 22.8. The number of amides is 1. The largest absolute Gasteiger partial charge is 0.457 e. The van der Waals surface area contributed by atoms with Gasteiger partial charge in [-0.25, -0.2) is 0 Å². The van der Waals surface area contributed by atoms with Crippen molar-refractivity contribution in [1.29, 1.82) is 0 Å². The molecule has 1 aromatic heterocycles. The van der Waals surface area contributed by atoms with Crippen LogP contribution in [0.5, 0.6) is 11.5 Å². The van der Waals surface area contributed by atoms with E-state index >= 15 is 0 Å². The van der Waals surface area contributed by atoms with Gasteiger partial charge >= 0.3 is 0 Å². The number of rotatable bonds is 4. The van der Waals surface area contributed by atoms with Gasteiger partial charge in [-0.15, -0.1) is 0 Å². The molecule has 5 heteroatoms. The van der Waals surface area contributed by atoms with Crippen LogP contribution in [0.15, 0.2) is 79.1 Å². The lowest BCUT2D eigenvalue weighted by molar-refractivity contribution is -0.00342. The van der Waals surface area contributed by atoms with Crippen molar-refractivity contribution in [2.45, 2.75) is 30.8 Å². The molecule has 4 aliphatic rings. The summed E-state index contributed by atoms with van der Waals surface area (Å²) in [5.41, 5.74) is 1.98. The Hall–Kier alpha value is -3.18. The SMILES string of the molecule is O=C(c1ccc(Oc2ccccc2)cc1)N1CC(c2cccnc2)C2C1C1CCN2CC1. The average molecular weight is 426 g/mol. The van der Waals surface area contributed by atoms with E-state index in [2.05, 4.69) is 20.9 Å². The Morgan fingerprint density at radius 3 is 2.34 bits per heavy atom. The third-order valence-corrected chi connectivity index (χ3v) is 7.45. The quantitative estimate of drug-likeness (QED) is 0.614. The van der Waals surface area contributed by atoms with Crippen LogP contribution in [0.1, 0.15) is 34.7 Å². The summed E-state index contributed by atoms with van der Waals surface area (Å²) in [6, 6.07) is 22.2. The monoisotopic (exact) mass is 425 g/mol. The number of nitrogens with zero attached hydrogens (tertiary/aromatic N) is 3. The summed E-state index contributed by atoms with van der Waals surface area (Å²) in [6.45, 7) is 3.06. The maximum absolute atomic E-state index is 13.7. The van der Waals surface area contributed by atoms with Gasteiger partial charge in [0.1, 0.15) is 11.5 Å². The number of piperidine rings is 3. The lowest BCUT2D eigenvalue weighted by atomic mass is 9.75. The van der Waals surface area contributed by atoms with E-state index in [9.17, 15) is 4.79 Å². The Kier molecular flexibility index (Phi) is 4.91. The molecule has 3 atom stereocenters. The molecule has 4 saturated heterocycles. The molecular formula is C27H27N3O2. The van der Waals surface area contributed by atoms with Gasteiger partial charge in [-0.1, -0.05) is 24.3 Å². The third kappa shape index (κ3) is 3.37. The van der Waals surface area contributed by atoms with Gasteiger partial charge in [0.15, 0.2) is 0 Å². The van der Waals surface area contributed by atoms with E-state index in [0.29, 0.717) is 17.9 Å². The summed E-state index contributed by atoms with van der Waals surface area (Å²) in [7, 11) is 0. The molecule has 3 aromatic rings. The first-order valence-corrected chi connectivity index (χ1v) is 11.6. The van der Waals surface area contributed by atoms with Gasteiger partial charge in [-0.2, -0.15) is 0 Å². The van der Waals surface area contributed by atoms with Crippen LogP contribution in [0.2, 0.25) is 0 Å². The Balaban J connectivity index is 1.26. The number of carbonyl (C=O) groups excluding carboxylic acids is 1. The molecule has 0 saturated carbocycles. The van der Waals surface area contributed by atoms with Crippen LogP contribution in [0.25, 0.3) is 0 Å². The zero-order chi connectivity index (χ0) is 21.5. The van der Waals surface area contributed by atoms with E-state index < -0.39 is 0 Å². The Bertz CT molecular complexity index is 1080. The number of ether oxygens (including phenoxy) is 1. The third-order valence-electron chi connectivity index (χ3n) is 7.45. The van der Waals surface area contributed by atoms with Crippen molar-refractivity contribution in [3.05, 3.63) is 90.3 Å². The predicted octanol–water partition coefficient (Wildman–Crippen LogP) is 4.58. The predicted molar refractivity (Wildman–Crippen MR) is 123 cm³/mol. The highest BCUT2D eigenvalue weighted by Crippen LogP contribution is 2.46. The maximum atomic E-state index is 13.7. The smallest absolute Gasteiger partial charge is 0.254 e. The van der Waals surface area contributed by atoms with Crippen LogP contribution in [-0.4, -0.2) is 52.4 Å². The van der Waals surface area contributed by atoms with Crippen molar-refractivity contribution in [2.75, 3.05) is 19.6 Å². The molecule has 162 valence electrons. The maximum Gasteiger partial charge on any atom is 0.254 e. The number of aromatic nitrogens is 1. The molecule has 1 amide bonds. The van der Waals surface area contributed by atoms with E-state index in [-0.39, 0.29) is 11.9 Å². The van der Waals surface area contributed by atoms with Crippen LogP contribution in [0.3, 0.4) is 0 Å². The molecule has 4 aliphatic heterocycles. The van der Waals surface area contributed by atoms with E-state index in [1.54, 1.807) is 0 Å². The fourth-order valence-electron chi connectivity index (χ4n) is 6.00. The van der Waals surface area contributed by atoms with E-state index in [0.717, 1.165) is 36.7 Å². The number of likely N-dealkylation sites (tertiary alicyclic amines) is 1. The lowest BCUT2D eigenvalue weighted by Crippen LogP contribution is -2.60. The van der Waals surface area contributed by atoms with Crippen molar-refractivity contribution >= 4 is 5.91 Å². The van der Waals surface area contributed by atoms with Gasteiger partial charge in [0, 0.05) is 36.5 Å². The lowest BCUT2D eigenvalue weighted by Gasteiger charge is -2.51. The average Bonchev–Trinajstić information content (AvgIpc) is 3.29. The topological polar surface area (TPSA) is 45.7 Å². The first-order valence-electron chi connectivity index (χ1n) is 11.6. The van der Waals surface area contributed by atoms with Gasteiger partial charge in [-0.3, -0.25) is 14.7 Å². The fraction of sp³-hybridized carbons (Fsp3) is 0.333. The molecule has 0 radical (unpaired) electrons. The number of pyridine rings is 1. The van der Waals surface area contributed by atoms with Crippen LogP contribution in [0, 0.1) is 5.92 Å². The first-order chi connectivity index (χ1) is 15.8. The van der Waals surface area contributed by atoms with E-state index in [1.807, 2.05) is 73.1 Å². The molecule has 5 nitrogen and oxygen atoms in total. The summed E-state index contributed by atoms with van der Waals surface area (Å²) in [5.74, 6) is 2.58. The number of carbonyl (C=O) groups is 1. The molecule has 3 unspecified atom stereocenters. The summed E-state index contributed by atoms with van der Waals surface area (Å²) in [5, 5.41) is 0. The zero-order valence-electron chi connectivity index (χ0n) is 18.0. The van der Waals surface area contributed by atoms with Crippen LogP contribution < -0.4 is 4.74 Å². The number of hydrogen-bond donors (Lipinski definition) is 0. The number of fused-ring (bicyclic) bond motifs is 2. The van der Waals surface area contributed by atoms with Gasteiger partial charge < -0.3 is 9.64 Å². The minimum Gasteiger partial charge on any atom is -0.457 e. The van der Waals surface area contributed by atoms with Gasteiger partial charge in [-0.05, 0) is 79.9 Å². The van der Waals surface area contributed by atoms with Crippen LogP contribution in [0.4, 0.5) is 0 Å². The summed E-state index contributed by atoms with van der Waals surface area (Å²) < 4.78 is 5.90. The van der Waals surface area contributed by atoms with Gasteiger partial charge in [0.05, 0.1) is 6.04 Å². The molecular weight excluding hydrogens is 398 g/mol. The van der Waals surface area contributed by atoms with Crippen LogP contribution in [-0.2, 0) is 0 Å². The molecule has 2 bridgehead atoms. The highest BCUT2D eigenvalue weighted by atomic mass is 16.5. The van der Waals surface area contributed by atoms with Crippen molar-refractivity contribution < 1.29 is 9.53 Å². The van der Waals surface area contributed by atoms with Gasteiger partial charge in [0.2, 0.25) is 0 Å². The highest BCUT2D eigenvalue weighted by Gasteiger charge is 2.54. The second-order valence-electron chi connectivity index (χ2n) is 9.14. The highest BCUT2D eigenvalue weighted by molar-refractivity contribution is 5.95. The van der Waals surface area contributed by atoms with Crippen molar-refractivity contribution in [3.63, 3.8) is 0 Å². The van der Waals surface area contributed by atoms with Gasteiger partial charge in [0.25, 0.3) is 5.91 Å². The molecule has 0 aliphatic carbocycles. The minimum atomic E-state index is 0.131. The minimum absolute atomic E-state index is 0.131. The summed E-state index contributed by atoms with van der Waals surface area (Å²) >= 11 is 0. The molecule has 4 fully saturated rings. The Morgan fingerprint density at radius 1 is 0.875 bits per heavy atom. The molecule has 32 heavy (non-hydrogen) atoms. The number of para-hydroxylation sites is 1. The summed E-state index contributed by atoms with van der Waals surface area (Å²) in [6.07, 6.45) is 6.18. The molecule has 5 heterocycles.